The van der Waals surface area contributed by atoms with Crippen LogP contribution in [0.3, 0.4) is 0 Å². The molecular formula is C21H26ClNO4S. The van der Waals surface area contributed by atoms with Crippen LogP contribution in [0.5, 0.6) is 0 Å². The molecule has 2 aromatic carbocycles. The molecule has 2 aromatic rings. The molecule has 0 radical (unpaired) electrons. The molecule has 0 saturated carbocycles. The molecule has 7 heteroatoms. The van der Waals surface area contributed by atoms with Crippen molar-refractivity contribution in [3.8, 4) is 0 Å². The molecule has 1 heterocycles. The lowest BCUT2D eigenvalue weighted by Gasteiger charge is -2.24. The molecule has 5 nitrogen and oxygen atoms in total. The summed E-state index contributed by atoms with van der Waals surface area (Å²) >= 11 is 6.28. The Labute approximate surface area is 172 Å². The Morgan fingerprint density at radius 2 is 1.96 bits per heavy atom. The zero-order valence-electron chi connectivity index (χ0n) is 16.0. The van der Waals surface area contributed by atoms with Gasteiger partial charge in [0.25, 0.3) is 0 Å². The molecule has 0 bridgehead atoms. The van der Waals surface area contributed by atoms with Gasteiger partial charge in [-0.15, -0.1) is 0 Å². The summed E-state index contributed by atoms with van der Waals surface area (Å²) in [6.07, 6.45) is 2.32. The van der Waals surface area contributed by atoms with Crippen molar-refractivity contribution in [2.24, 2.45) is 0 Å². The van der Waals surface area contributed by atoms with Crippen LogP contribution in [0.1, 0.15) is 24.0 Å². The third-order valence-electron chi connectivity index (χ3n) is 4.94. The predicted octanol–water partition coefficient (Wildman–Crippen LogP) is 3.90. The third-order valence-corrected chi connectivity index (χ3v) is 7.26. The van der Waals surface area contributed by atoms with Crippen LogP contribution in [0.25, 0.3) is 0 Å². The normalized spacial score (nSPS) is 17.9. The number of methoxy groups -OCH3 is 1. The van der Waals surface area contributed by atoms with E-state index in [1.807, 2.05) is 30.3 Å². The van der Waals surface area contributed by atoms with Gasteiger partial charge in [-0.1, -0.05) is 41.9 Å². The second-order valence-electron chi connectivity index (χ2n) is 6.90. The van der Waals surface area contributed by atoms with E-state index >= 15 is 0 Å². The second kappa shape index (κ2) is 9.85. The summed E-state index contributed by atoms with van der Waals surface area (Å²) in [5.41, 5.74) is 1.82. The van der Waals surface area contributed by atoms with Crippen LogP contribution in [-0.4, -0.2) is 45.6 Å². The minimum atomic E-state index is -3.57. The van der Waals surface area contributed by atoms with Crippen molar-refractivity contribution >= 4 is 21.6 Å². The zero-order valence-corrected chi connectivity index (χ0v) is 17.6. The summed E-state index contributed by atoms with van der Waals surface area (Å²) < 4.78 is 38.7. The van der Waals surface area contributed by atoms with Crippen LogP contribution in [0.2, 0.25) is 5.02 Å². The lowest BCUT2D eigenvalue weighted by atomic mass is 10.0. The molecule has 28 heavy (non-hydrogen) atoms. The molecule has 3 rings (SSSR count). The summed E-state index contributed by atoms with van der Waals surface area (Å²) in [6, 6.07) is 14.5. The molecule has 1 aliphatic heterocycles. The van der Waals surface area contributed by atoms with Crippen molar-refractivity contribution < 1.29 is 17.9 Å². The zero-order chi connectivity index (χ0) is 20.0. The van der Waals surface area contributed by atoms with E-state index in [2.05, 4.69) is 0 Å². The van der Waals surface area contributed by atoms with Gasteiger partial charge in [-0.2, -0.15) is 4.31 Å². The van der Waals surface area contributed by atoms with Crippen molar-refractivity contribution in [3.05, 3.63) is 64.7 Å². The average Bonchev–Trinajstić information content (AvgIpc) is 3.16. The predicted molar refractivity (Wildman–Crippen MR) is 110 cm³/mol. The first-order valence-corrected chi connectivity index (χ1v) is 11.2. The first-order chi connectivity index (χ1) is 13.5. The molecule has 1 atom stereocenters. The van der Waals surface area contributed by atoms with E-state index in [4.69, 9.17) is 21.1 Å². The lowest BCUT2D eigenvalue weighted by molar-refractivity contribution is 0.0616. The number of rotatable bonds is 9. The standard InChI is InChI=1S/C21H26ClNO4S/c1-26-12-13-27-16-17-6-4-9-20(14-17)28(24,25)23-11-5-8-19(23)15-18-7-2-3-10-21(18)22/h2-4,6-7,9-10,14,19H,5,8,11-13,15-16H2,1H3. The number of benzene rings is 2. The molecule has 1 saturated heterocycles. The first-order valence-electron chi connectivity index (χ1n) is 9.43. The average molecular weight is 424 g/mol. The number of ether oxygens (including phenoxy) is 2. The number of hydrogen-bond acceptors (Lipinski definition) is 4. The summed E-state index contributed by atoms with van der Waals surface area (Å²) in [5, 5.41) is 0.682. The highest BCUT2D eigenvalue weighted by Gasteiger charge is 2.35. The van der Waals surface area contributed by atoms with Crippen molar-refractivity contribution in [2.45, 2.75) is 36.8 Å². The highest BCUT2D eigenvalue weighted by molar-refractivity contribution is 7.89. The van der Waals surface area contributed by atoms with E-state index in [1.165, 1.54) is 0 Å². The molecule has 1 aliphatic rings. The molecule has 152 valence electrons. The van der Waals surface area contributed by atoms with E-state index in [0.29, 0.717) is 42.7 Å². The minimum absolute atomic E-state index is 0.0773. The number of nitrogens with zero attached hydrogens (tertiary/aromatic N) is 1. The maximum absolute atomic E-state index is 13.3. The summed E-state index contributed by atoms with van der Waals surface area (Å²) in [6.45, 7) is 1.87. The molecule has 0 N–H and O–H groups in total. The van der Waals surface area contributed by atoms with Gasteiger partial charge in [0.05, 0.1) is 24.7 Å². The Bertz CT molecular complexity index is 887. The summed E-state index contributed by atoms with van der Waals surface area (Å²) in [7, 11) is -1.95. The molecular weight excluding hydrogens is 398 g/mol. The molecule has 0 aliphatic carbocycles. The van der Waals surface area contributed by atoms with Gasteiger partial charge in [0.1, 0.15) is 0 Å². The number of hydrogen-bond donors (Lipinski definition) is 0. The molecule has 1 fully saturated rings. The van der Waals surface area contributed by atoms with E-state index in [1.54, 1.807) is 29.6 Å². The van der Waals surface area contributed by atoms with Crippen molar-refractivity contribution in [2.75, 3.05) is 26.9 Å². The maximum Gasteiger partial charge on any atom is 0.243 e. The Morgan fingerprint density at radius 1 is 1.14 bits per heavy atom. The van der Waals surface area contributed by atoms with E-state index in [-0.39, 0.29) is 6.04 Å². The fraction of sp³-hybridized carbons (Fsp3) is 0.429. The number of sulfonamides is 1. The molecule has 0 amide bonds. The molecule has 0 spiro atoms. The smallest absolute Gasteiger partial charge is 0.243 e. The first kappa shape index (κ1) is 21.3. The monoisotopic (exact) mass is 423 g/mol. The van der Waals surface area contributed by atoms with Crippen LogP contribution in [0.4, 0.5) is 0 Å². The van der Waals surface area contributed by atoms with Gasteiger partial charge >= 0.3 is 0 Å². The van der Waals surface area contributed by atoms with Gasteiger partial charge in [-0.05, 0) is 48.6 Å². The Morgan fingerprint density at radius 3 is 2.75 bits per heavy atom. The summed E-state index contributed by atoms with van der Waals surface area (Å²) in [5.74, 6) is 0. The van der Waals surface area contributed by atoms with Gasteiger partial charge in [0, 0.05) is 24.7 Å². The highest BCUT2D eigenvalue weighted by atomic mass is 35.5. The quantitative estimate of drug-likeness (QED) is 0.574. The van der Waals surface area contributed by atoms with Crippen LogP contribution >= 0.6 is 11.6 Å². The van der Waals surface area contributed by atoms with Gasteiger partial charge < -0.3 is 9.47 Å². The van der Waals surface area contributed by atoms with E-state index in [9.17, 15) is 8.42 Å². The number of halogens is 1. The Kier molecular flexibility index (Phi) is 7.48. The maximum atomic E-state index is 13.3. The van der Waals surface area contributed by atoms with E-state index in [0.717, 1.165) is 24.0 Å². The SMILES string of the molecule is COCCOCc1cccc(S(=O)(=O)N2CCCC2Cc2ccccc2Cl)c1. The topological polar surface area (TPSA) is 55.8 Å². The fourth-order valence-electron chi connectivity index (χ4n) is 3.51. The summed E-state index contributed by atoms with van der Waals surface area (Å²) in [4.78, 5) is 0.311. The fourth-order valence-corrected chi connectivity index (χ4v) is 5.49. The van der Waals surface area contributed by atoms with Crippen LogP contribution in [0.15, 0.2) is 53.4 Å². The van der Waals surface area contributed by atoms with Crippen molar-refractivity contribution in [1.82, 2.24) is 4.31 Å². The van der Waals surface area contributed by atoms with Crippen molar-refractivity contribution in [3.63, 3.8) is 0 Å². The van der Waals surface area contributed by atoms with Crippen LogP contribution in [-0.2, 0) is 32.5 Å². The second-order valence-corrected chi connectivity index (χ2v) is 9.20. The molecule has 1 unspecified atom stereocenters. The van der Waals surface area contributed by atoms with Crippen LogP contribution < -0.4 is 0 Å². The minimum Gasteiger partial charge on any atom is -0.382 e. The van der Waals surface area contributed by atoms with Gasteiger partial charge in [-0.25, -0.2) is 8.42 Å². The van der Waals surface area contributed by atoms with Gasteiger partial charge in [0.2, 0.25) is 10.0 Å². The third kappa shape index (κ3) is 5.13. The highest BCUT2D eigenvalue weighted by Crippen LogP contribution is 2.30. The van der Waals surface area contributed by atoms with Crippen molar-refractivity contribution in [1.29, 1.82) is 0 Å². The Hall–Kier alpha value is -1.44. The van der Waals surface area contributed by atoms with Crippen LogP contribution in [0, 0.1) is 0 Å². The largest absolute Gasteiger partial charge is 0.382 e. The van der Waals surface area contributed by atoms with Gasteiger partial charge in [0.15, 0.2) is 0 Å². The van der Waals surface area contributed by atoms with Gasteiger partial charge in [-0.3, -0.25) is 0 Å². The molecule has 0 aromatic heterocycles. The lowest BCUT2D eigenvalue weighted by Crippen LogP contribution is -2.36. The van der Waals surface area contributed by atoms with E-state index < -0.39 is 10.0 Å². The Balaban J connectivity index is 1.75.